The van der Waals surface area contributed by atoms with Gasteiger partial charge in [-0.05, 0) is 11.8 Å². The van der Waals surface area contributed by atoms with Crippen LogP contribution in [0.3, 0.4) is 0 Å². The minimum absolute atomic E-state index is 0.0958. The van der Waals surface area contributed by atoms with Crippen LogP contribution >= 0.6 is 0 Å². The summed E-state index contributed by atoms with van der Waals surface area (Å²) in [7, 11) is 0. The van der Waals surface area contributed by atoms with Crippen LogP contribution in [-0.2, 0) is 9.63 Å². The lowest BCUT2D eigenvalue weighted by Gasteiger charge is -2.27. The molecule has 1 atom stereocenters. The minimum Gasteiger partial charge on any atom is -0.318 e. The summed E-state index contributed by atoms with van der Waals surface area (Å²) < 4.78 is 0. The number of hydrogen-bond acceptors (Lipinski definition) is 3. The Balaban J connectivity index is 2.51. The minimum atomic E-state index is -0.465. The second-order valence-corrected chi connectivity index (χ2v) is 4.29. The van der Waals surface area contributed by atoms with Gasteiger partial charge >= 0.3 is 0 Å². The topological polar surface area (TPSA) is 55.6 Å². The van der Waals surface area contributed by atoms with E-state index in [1.807, 2.05) is 0 Å². The van der Waals surface area contributed by atoms with Crippen LogP contribution in [0.15, 0.2) is 0 Å². The van der Waals surface area contributed by atoms with Gasteiger partial charge in [0, 0.05) is 0 Å². The van der Waals surface area contributed by atoms with Crippen LogP contribution in [0.25, 0.3) is 0 Å². The van der Waals surface area contributed by atoms with Gasteiger partial charge in [-0.25, -0.2) is 5.06 Å². The number of carbonyl (C=O) groups excluding carboxylic acids is 1. The van der Waals surface area contributed by atoms with Crippen LogP contribution in [0, 0.1) is 5.41 Å². The van der Waals surface area contributed by atoms with E-state index in [9.17, 15) is 4.79 Å². The maximum atomic E-state index is 11.4. The standard InChI is InChI=1S/C9H18N2O2/c1-4-9(2,3)6-11-8(12)7(10)5-13-11/h7H,4-6,10H2,1-3H3. The van der Waals surface area contributed by atoms with Crippen molar-refractivity contribution in [3.63, 3.8) is 0 Å². The Bertz CT molecular complexity index is 204. The molecular formula is C9H18N2O2. The van der Waals surface area contributed by atoms with Crippen molar-refractivity contribution in [1.29, 1.82) is 0 Å². The lowest BCUT2D eigenvalue weighted by molar-refractivity contribution is -0.168. The molecule has 1 aliphatic heterocycles. The van der Waals surface area contributed by atoms with E-state index in [4.69, 9.17) is 10.6 Å². The molecular weight excluding hydrogens is 168 g/mol. The lowest BCUT2D eigenvalue weighted by Crippen LogP contribution is -2.39. The van der Waals surface area contributed by atoms with Crippen molar-refractivity contribution in [3.05, 3.63) is 0 Å². The Hall–Kier alpha value is -0.610. The Morgan fingerprint density at radius 2 is 2.31 bits per heavy atom. The average Bonchev–Trinajstić information content (AvgIpc) is 2.36. The molecule has 0 radical (unpaired) electrons. The van der Waals surface area contributed by atoms with Crippen molar-refractivity contribution < 1.29 is 9.63 Å². The molecule has 0 aliphatic carbocycles. The van der Waals surface area contributed by atoms with Crippen molar-refractivity contribution in [2.45, 2.75) is 33.2 Å². The molecule has 1 rings (SSSR count). The van der Waals surface area contributed by atoms with E-state index in [0.717, 1.165) is 6.42 Å². The number of nitrogens with zero attached hydrogens (tertiary/aromatic N) is 1. The molecule has 0 bridgehead atoms. The first-order valence-electron chi connectivity index (χ1n) is 4.66. The third-order valence-electron chi connectivity index (χ3n) is 2.50. The maximum absolute atomic E-state index is 11.4. The molecule has 0 saturated carbocycles. The third kappa shape index (κ3) is 2.42. The van der Waals surface area contributed by atoms with Gasteiger partial charge in [-0.3, -0.25) is 9.63 Å². The second kappa shape index (κ2) is 3.64. The Labute approximate surface area is 79.0 Å². The van der Waals surface area contributed by atoms with Crippen LogP contribution in [0.1, 0.15) is 27.2 Å². The molecule has 1 unspecified atom stereocenters. The van der Waals surface area contributed by atoms with Crippen LogP contribution in [0.5, 0.6) is 0 Å². The van der Waals surface area contributed by atoms with E-state index >= 15 is 0 Å². The zero-order valence-corrected chi connectivity index (χ0v) is 8.54. The van der Waals surface area contributed by atoms with Crippen molar-refractivity contribution in [2.75, 3.05) is 13.2 Å². The van der Waals surface area contributed by atoms with E-state index in [0.29, 0.717) is 13.2 Å². The molecule has 1 heterocycles. The highest BCUT2D eigenvalue weighted by atomic mass is 16.7. The highest BCUT2D eigenvalue weighted by molar-refractivity contribution is 5.82. The van der Waals surface area contributed by atoms with E-state index in [1.54, 1.807) is 0 Å². The highest BCUT2D eigenvalue weighted by Gasteiger charge is 2.33. The first-order valence-corrected chi connectivity index (χ1v) is 4.66. The summed E-state index contributed by atoms with van der Waals surface area (Å²) in [4.78, 5) is 16.5. The van der Waals surface area contributed by atoms with E-state index < -0.39 is 6.04 Å². The van der Waals surface area contributed by atoms with Crippen molar-refractivity contribution in [1.82, 2.24) is 5.06 Å². The average molecular weight is 186 g/mol. The van der Waals surface area contributed by atoms with Gasteiger partial charge in [-0.2, -0.15) is 0 Å². The summed E-state index contributed by atoms with van der Waals surface area (Å²) in [5.41, 5.74) is 5.61. The van der Waals surface area contributed by atoms with Gasteiger partial charge in [0.1, 0.15) is 6.04 Å². The fourth-order valence-corrected chi connectivity index (χ4v) is 1.11. The zero-order valence-electron chi connectivity index (χ0n) is 8.54. The predicted molar refractivity (Wildman–Crippen MR) is 49.7 cm³/mol. The van der Waals surface area contributed by atoms with Gasteiger partial charge < -0.3 is 5.73 Å². The van der Waals surface area contributed by atoms with Crippen molar-refractivity contribution >= 4 is 5.91 Å². The summed E-state index contributed by atoms with van der Waals surface area (Å²) in [6.45, 7) is 7.25. The highest BCUT2D eigenvalue weighted by Crippen LogP contribution is 2.23. The molecule has 4 heteroatoms. The van der Waals surface area contributed by atoms with Crippen LogP contribution in [0.2, 0.25) is 0 Å². The molecule has 2 N–H and O–H groups in total. The van der Waals surface area contributed by atoms with Crippen molar-refractivity contribution in [2.24, 2.45) is 11.1 Å². The van der Waals surface area contributed by atoms with E-state index in [2.05, 4.69) is 20.8 Å². The Kier molecular flexibility index (Phi) is 2.93. The van der Waals surface area contributed by atoms with Gasteiger partial charge in [0.25, 0.3) is 5.91 Å². The molecule has 76 valence electrons. The second-order valence-electron chi connectivity index (χ2n) is 4.29. The molecule has 1 amide bonds. The number of rotatable bonds is 3. The number of carbonyl (C=O) groups is 1. The van der Waals surface area contributed by atoms with Crippen LogP contribution in [-0.4, -0.2) is 30.2 Å². The normalized spacial score (nSPS) is 24.2. The van der Waals surface area contributed by atoms with Gasteiger partial charge in [-0.1, -0.05) is 20.8 Å². The SMILES string of the molecule is CCC(C)(C)CN1OCC(N)C1=O. The molecule has 13 heavy (non-hydrogen) atoms. The summed E-state index contributed by atoms with van der Waals surface area (Å²) in [5.74, 6) is -0.0958. The summed E-state index contributed by atoms with van der Waals surface area (Å²) in [6.07, 6.45) is 1.01. The van der Waals surface area contributed by atoms with Crippen LogP contribution in [0.4, 0.5) is 0 Å². The third-order valence-corrected chi connectivity index (χ3v) is 2.50. The molecule has 0 aromatic carbocycles. The first-order chi connectivity index (χ1) is 5.96. The van der Waals surface area contributed by atoms with Gasteiger partial charge in [-0.15, -0.1) is 0 Å². The van der Waals surface area contributed by atoms with Gasteiger partial charge in [0.05, 0.1) is 13.2 Å². The number of hydroxylamine groups is 2. The predicted octanol–water partition coefficient (Wildman–Crippen LogP) is 0.524. The zero-order chi connectivity index (χ0) is 10.1. The lowest BCUT2D eigenvalue weighted by atomic mass is 9.90. The first kappa shape index (κ1) is 10.5. The largest absolute Gasteiger partial charge is 0.318 e. The molecule has 4 nitrogen and oxygen atoms in total. The molecule has 0 spiro atoms. The fourth-order valence-electron chi connectivity index (χ4n) is 1.11. The monoisotopic (exact) mass is 186 g/mol. The van der Waals surface area contributed by atoms with Crippen molar-refractivity contribution in [3.8, 4) is 0 Å². The summed E-state index contributed by atoms with van der Waals surface area (Å²) in [6, 6.07) is -0.465. The fraction of sp³-hybridized carbons (Fsp3) is 0.889. The Morgan fingerprint density at radius 3 is 2.69 bits per heavy atom. The van der Waals surface area contributed by atoms with E-state index in [-0.39, 0.29) is 11.3 Å². The molecule has 0 aromatic heterocycles. The molecule has 1 fully saturated rings. The molecule has 0 aromatic rings. The molecule has 1 aliphatic rings. The van der Waals surface area contributed by atoms with Crippen LogP contribution < -0.4 is 5.73 Å². The number of amides is 1. The summed E-state index contributed by atoms with van der Waals surface area (Å²) in [5, 5.41) is 1.40. The number of hydrogen-bond donors (Lipinski definition) is 1. The smallest absolute Gasteiger partial charge is 0.265 e. The quantitative estimate of drug-likeness (QED) is 0.699. The summed E-state index contributed by atoms with van der Waals surface area (Å²) >= 11 is 0. The molecule has 1 saturated heterocycles. The van der Waals surface area contributed by atoms with E-state index in [1.165, 1.54) is 5.06 Å². The van der Waals surface area contributed by atoms with Gasteiger partial charge in [0.15, 0.2) is 0 Å². The maximum Gasteiger partial charge on any atom is 0.265 e. The Morgan fingerprint density at radius 1 is 1.69 bits per heavy atom. The van der Waals surface area contributed by atoms with Gasteiger partial charge in [0.2, 0.25) is 0 Å². The number of nitrogens with two attached hydrogens (primary N) is 1.